The van der Waals surface area contributed by atoms with Crippen molar-refractivity contribution in [1.29, 1.82) is 0 Å². The first-order valence-electron chi connectivity index (χ1n) is 10.9. The van der Waals surface area contributed by atoms with Crippen molar-refractivity contribution >= 4 is 39.6 Å². The van der Waals surface area contributed by atoms with Gasteiger partial charge in [0.25, 0.3) is 5.91 Å². The first kappa shape index (κ1) is 25.3. The van der Waals surface area contributed by atoms with Crippen LogP contribution in [0.4, 0.5) is 30.4 Å². The number of amides is 1. The van der Waals surface area contributed by atoms with Gasteiger partial charge in [-0.1, -0.05) is 12.1 Å². The van der Waals surface area contributed by atoms with Crippen LogP contribution in [0.5, 0.6) is 0 Å². The van der Waals surface area contributed by atoms with E-state index in [0.717, 1.165) is 23.4 Å². The van der Waals surface area contributed by atoms with Gasteiger partial charge in [-0.3, -0.25) is 9.00 Å². The molecule has 2 aromatic carbocycles. The molecule has 2 atom stereocenters. The minimum absolute atomic E-state index is 0.0984. The van der Waals surface area contributed by atoms with Gasteiger partial charge < -0.3 is 10.6 Å². The molecular weight excluding hydrogens is 493 g/mol. The van der Waals surface area contributed by atoms with Crippen LogP contribution in [0.15, 0.2) is 65.0 Å². The van der Waals surface area contributed by atoms with Gasteiger partial charge in [-0.25, -0.2) is 15.0 Å². The normalized spacial score (nSPS) is 16.4. The second-order valence-electron chi connectivity index (χ2n) is 8.28. The molecule has 0 saturated carbocycles. The van der Waals surface area contributed by atoms with Crippen LogP contribution in [0.25, 0.3) is 0 Å². The number of carbonyl (C=O) groups is 1. The second-order valence-corrected chi connectivity index (χ2v) is 9.60. The minimum Gasteiger partial charge on any atom is -0.363 e. The Morgan fingerprint density at radius 2 is 1.89 bits per heavy atom. The van der Waals surface area contributed by atoms with Gasteiger partial charge in [0, 0.05) is 41.4 Å². The van der Waals surface area contributed by atoms with Gasteiger partial charge in [-0.05, 0) is 49.7 Å². The SMILES string of the molecule is CC1=NN(c2cc(S(C)=O)ncn2)C(Nc2cc(NC(=O)c3cccc(C(F)(F)F)c3)ccc2C)C1. The van der Waals surface area contributed by atoms with Crippen LogP contribution in [0.3, 0.4) is 0 Å². The predicted octanol–water partition coefficient (Wildman–Crippen LogP) is 4.82. The number of aryl methyl sites for hydroxylation is 1. The van der Waals surface area contributed by atoms with E-state index < -0.39 is 28.4 Å². The highest BCUT2D eigenvalue weighted by Crippen LogP contribution is 2.30. The maximum absolute atomic E-state index is 13.0. The summed E-state index contributed by atoms with van der Waals surface area (Å²) in [6.45, 7) is 3.77. The lowest BCUT2D eigenvalue weighted by atomic mass is 10.1. The molecule has 0 fully saturated rings. The highest BCUT2D eigenvalue weighted by Gasteiger charge is 2.31. The molecule has 188 valence electrons. The van der Waals surface area contributed by atoms with E-state index in [2.05, 4.69) is 25.7 Å². The average Bonchev–Trinajstić information content (AvgIpc) is 3.20. The average molecular weight is 517 g/mol. The number of benzene rings is 2. The van der Waals surface area contributed by atoms with Crippen molar-refractivity contribution in [3.8, 4) is 0 Å². The fraction of sp³-hybridized carbons (Fsp3) is 0.250. The number of hydrogen-bond donors (Lipinski definition) is 2. The quantitative estimate of drug-likeness (QED) is 0.456. The van der Waals surface area contributed by atoms with Gasteiger partial charge in [0.05, 0.1) is 16.4 Å². The Bertz CT molecular complexity index is 1360. The summed E-state index contributed by atoms with van der Waals surface area (Å²) in [4.78, 5) is 20.9. The van der Waals surface area contributed by atoms with E-state index in [1.54, 1.807) is 29.3 Å². The van der Waals surface area contributed by atoms with E-state index in [1.165, 1.54) is 24.7 Å². The molecule has 0 radical (unpaired) electrons. The number of aromatic nitrogens is 2. The van der Waals surface area contributed by atoms with Gasteiger partial charge in [-0.2, -0.15) is 18.3 Å². The maximum Gasteiger partial charge on any atom is 0.416 e. The fourth-order valence-corrected chi connectivity index (χ4v) is 4.14. The summed E-state index contributed by atoms with van der Waals surface area (Å²) < 4.78 is 50.9. The number of hydrogen-bond acceptors (Lipinski definition) is 7. The van der Waals surface area contributed by atoms with Crippen LogP contribution in [0.2, 0.25) is 0 Å². The van der Waals surface area contributed by atoms with E-state index in [1.807, 2.05) is 13.8 Å². The molecule has 1 aliphatic rings. The Kier molecular flexibility index (Phi) is 7.07. The van der Waals surface area contributed by atoms with E-state index in [-0.39, 0.29) is 11.7 Å². The van der Waals surface area contributed by atoms with Gasteiger partial charge in [0.2, 0.25) is 0 Å². The van der Waals surface area contributed by atoms with Crippen LogP contribution in [-0.2, 0) is 17.0 Å². The van der Waals surface area contributed by atoms with Crippen molar-refractivity contribution in [3.63, 3.8) is 0 Å². The molecule has 12 heteroatoms. The molecule has 3 aromatic rings. The summed E-state index contributed by atoms with van der Waals surface area (Å²) in [5, 5.41) is 12.7. The van der Waals surface area contributed by atoms with Crippen LogP contribution in [0.1, 0.15) is 34.8 Å². The fourth-order valence-electron chi connectivity index (χ4n) is 3.67. The largest absolute Gasteiger partial charge is 0.416 e. The third-order valence-corrected chi connectivity index (χ3v) is 6.30. The van der Waals surface area contributed by atoms with Crippen molar-refractivity contribution in [3.05, 3.63) is 71.5 Å². The van der Waals surface area contributed by atoms with Crippen molar-refractivity contribution in [2.75, 3.05) is 21.9 Å². The molecule has 0 aliphatic carbocycles. The van der Waals surface area contributed by atoms with Crippen molar-refractivity contribution in [1.82, 2.24) is 9.97 Å². The Morgan fingerprint density at radius 1 is 1.11 bits per heavy atom. The number of rotatable bonds is 6. The number of carbonyl (C=O) groups excluding carboxylic acids is 1. The third kappa shape index (κ3) is 5.70. The zero-order valence-corrected chi connectivity index (χ0v) is 20.4. The van der Waals surface area contributed by atoms with E-state index >= 15 is 0 Å². The van der Waals surface area contributed by atoms with Gasteiger partial charge in [-0.15, -0.1) is 0 Å². The Balaban J connectivity index is 1.54. The molecule has 1 amide bonds. The van der Waals surface area contributed by atoms with Gasteiger partial charge >= 0.3 is 6.18 Å². The lowest BCUT2D eigenvalue weighted by Gasteiger charge is -2.25. The molecule has 1 aromatic heterocycles. The Labute approximate surface area is 208 Å². The van der Waals surface area contributed by atoms with Crippen molar-refractivity contribution < 1.29 is 22.2 Å². The lowest BCUT2D eigenvalue weighted by Crippen LogP contribution is -2.34. The molecule has 0 spiro atoms. The van der Waals surface area contributed by atoms with Crippen molar-refractivity contribution in [2.45, 2.75) is 37.6 Å². The molecule has 1 aliphatic heterocycles. The summed E-state index contributed by atoms with van der Waals surface area (Å²) in [7, 11) is -1.28. The first-order valence-corrected chi connectivity index (χ1v) is 12.4. The van der Waals surface area contributed by atoms with E-state index in [4.69, 9.17) is 0 Å². The highest BCUT2D eigenvalue weighted by molar-refractivity contribution is 7.84. The molecule has 4 rings (SSSR count). The Hall–Kier alpha value is -3.80. The zero-order valence-electron chi connectivity index (χ0n) is 19.6. The lowest BCUT2D eigenvalue weighted by molar-refractivity contribution is -0.137. The first-order chi connectivity index (χ1) is 17.0. The molecule has 8 nitrogen and oxygen atoms in total. The van der Waals surface area contributed by atoms with Crippen molar-refractivity contribution in [2.24, 2.45) is 5.10 Å². The molecule has 36 heavy (non-hydrogen) atoms. The number of halogens is 3. The van der Waals surface area contributed by atoms with E-state index in [0.29, 0.717) is 28.6 Å². The number of nitrogens with one attached hydrogen (secondary N) is 2. The van der Waals surface area contributed by atoms with Crippen LogP contribution >= 0.6 is 0 Å². The zero-order chi connectivity index (χ0) is 26.0. The smallest absolute Gasteiger partial charge is 0.363 e. The molecule has 2 unspecified atom stereocenters. The summed E-state index contributed by atoms with van der Waals surface area (Å²) in [6, 6.07) is 11.1. The molecular formula is C24H23F3N6O2S. The van der Waals surface area contributed by atoms with E-state index in [9.17, 15) is 22.2 Å². The third-order valence-electron chi connectivity index (χ3n) is 5.49. The number of nitrogens with zero attached hydrogens (tertiary/aromatic N) is 4. The standard InChI is InChI=1S/C24H23F3N6O2S/c1-14-7-8-18(30-23(34)16-5-4-6-17(10-16)24(25,26)27)11-19(14)31-21-9-15(2)32-33(21)20-12-22(36(3)35)29-13-28-20/h4-8,10-13,21,31H,9H2,1-3H3,(H,30,34). The van der Waals surface area contributed by atoms with Gasteiger partial charge in [0.1, 0.15) is 17.5 Å². The number of alkyl halides is 3. The van der Waals surface area contributed by atoms with Gasteiger partial charge in [0.15, 0.2) is 5.82 Å². The Morgan fingerprint density at radius 3 is 2.61 bits per heavy atom. The van der Waals surface area contributed by atoms with Crippen LogP contribution in [0, 0.1) is 6.92 Å². The van der Waals surface area contributed by atoms with Crippen LogP contribution in [-0.4, -0.2) is 38.2 Å². The summed E-state index contributed by atoms with van der Waals surface area (Å²) in [5.74, 6) is -0.171. The number of anilines is 3. The van der Waals surface area contributed by atoms with Crippen LogP contribution < -0.4 is 15.6 Å². The summed E-state index contributed by atoms with van der Waals surface area (Å²) >= 11 is 0. The molecule has 2 N–H and O–H groups in total. The summed E-state index contributed by atoms with van der Waals surface area (Å²) in [6.07, 6.45) is -1.41. The minimum atomic E-state index is -4.54. The highest BCUT2D eigenvalue weighted by atomic mass is 32.2. The number of hydrazone groups is 1. The predicted molar refractivity (Wildman–Crippen MR) is 133 cm³/mol. The second kappa shape index (κ2) is 10.1. The monoisotopic (exact) mass is 516 g/mol. The molecule has 2 heterocycles. The molecule has 0 saturated heterocycles. The summed E-state index contributed by atoms with van der Waals surface area (Å²) in [5.41, 5.74) is 1.87. The molecule has 0 bridgehead atoms. The topological polar surface area (TPSA) is 99.6 Å². The maximum atomic E-state index is 13.0.